The molecule has 0 saturated heterocycles. The number of nitrogens with one attached hydrogen (secondary N) is 1. The fourth-order valence-electron chi connectivity index (χ4n) is 6.04. The number of rotatable bonds is 22. The first kappa shape index (κ1) is 38.9. The van der Waals surface area contributed by atoms with E-state index in [0.29, 0.717) is 34.0 Å². The zero-order valence-electron chi connectivity index (χ0n) is 30.5. The van der Waals surface area contributed by atoms with Crippen LogP contribution in [0.1, 0.15) is 125 Å². The van der Waals surface area contributed by atoms with Crippen LogP contribution in [0.5, 0.6) is 11.5 Å². The van der Waals surface area contributed by atoms with Gasteiger partial charge in [-0.15, -0.1) is 15.3 Å². The van der Waals surface area contributed by atoms with Crippen LogP contribution in [0.15, 0.2) is 105 Å². The zero-order valence-corrected chi connectivity index (χ0v) is 30.5. The van der Waals surface area contributed by atoms with Crippen LogP contribution in [0.4, 0.5) is 28.4 Å². The van der Waals surface area contributed by atoms with Crippen LogP contribution in [0, 0.1) is 0 Å². The van der Waals surface area contributed by atoms with Crippen molar-refractivity contribution in [2.45, 2.75) is 117 Å². The van der Waals surface area contributed by atoms with Crippen molar-refractivity contribution in [3.05, 3.63) is 102 Å². The number of carbonyl (C=O) groups excluding carboxylic acids is 1. The lowest BCUT2D eigenvalue weighted by atomic mass is 10.0. The molecule has 0 saturated carbocycles. The highest BCUT2D eigenvalue weighted by Crippen LogP contribution is 2.37. The summed E-state index contributed by atoms with van der Waals surface area (Å²) in [6.07, 6.45) is 18.4. The van der Waals surface area contributed by atoms with Gasteiger partial charge in [-0.05, 0) is 79.3 Å². The number of azo groups is 2. The van der Waals surface area contributed by atoms with E-state index in [1.165, 1.54) is 64.2 Å². The number of anilines is 1. The van der Waals surface area contributed by atoms with E-state index >= 15 is 0 Å². The van der Waals surface area contributed by atoms with Crippen molar-refractivity contribution in [3.8, 4) is 11.5 Å². The maximum Gasteiger partial charge on any atom is 0.255 e. The predicted octanol–water partition coefficient (Wildman–Crippen LogP) is 13.8. The van der Waals surface area contributed by atoms with Gasteiger partial charge >= 0.3 is 0 Å². The number of hydrogen-bond acceptors (Lipinski definition) is 7. The summed E-state index contributed by atoms with van der Waals surface area (Å²) in [5.41, 5.74) is 4.21. The van der Waals surface area contributed by atoms with Gasteiger partial charge < -0.3 is 15.5 Å². The smallest absolute Gasteiger partial charge is 0.255 e. The maximum atomic E-state index is 13.1. The van der Waals surface area contributed by atoms with E-state index in [4.69, 9.17) is 0 Å². The number of phenols is 2. The highest BCUT2D eigenvalue weighted by atomic mass is 16.3. The first-order valence-electron chi connectivity index (χ1n) is 19.0. The number of nitrogens with zero attached hydrogens (tertiary/aromatic N) is 4. The van der Waals surface area contributed by atoms with Gasteiger partial charge in [0, 0.05) is 5.56 Å². The number of benzene rings is 4. The van der Waals surface area contributed by atoms with Gasteiger partial charge in [-0.3, -0.25) is 4.79 Å². The monoisotopic (exact) mass is 689 g/mol. The Balaban J connectivity index is 1.50. The molecule has 0 bridgehead atoms. The molecule has 0 aromatic heterocycles. The molecule has 0 unspecified atom stereocenters. The van der Waals surface area contributed by atoms with E-state index in [1.54, 1.807) is 54.6 Å². The lowest BCUT2D eigenvalue weighted by Gasteiger charge is -2.09. The Hall–Kier alpha value is -4.85. The van der Waals surface area contributed by atoms with Crippen molar-refractivity contribution in [1.82, 2.24) is 0 Å². The van der Waals surface area contributed by atoms with Crippen LogP contribution < -0.4 is 5.32 Å². The SMILES string of the molecule is CCCCCCCCCc1cccc(N=Nc2ccc(NC(=O)c3ccccc3)c(N=Nc3cccc(CCCCCCCCC)c3O)c2)c1O. The topological polar surface area (TPSA) is 119 Å². The summed E-state index contributed by atoms with van der Waals surface area (Å²) in [5, 5.41) is 42.6. The minimum absolute atomic E-state index is 0.116. The molecule has 3 N–H and O–H groups in total. The molecular formula is C43H55N5O3. The first-order valence-corrected chi connectivity index (χ1v) is 19.0. The molecule has 4 aromatic rings. The average Bonchev–Trinajstić information content (AvgIpc) is 3.15. The summed E-state index contributed by atoms with van der Waals surface area (Å²) < 4.78 is 0. The molecule has 0 atom stereocenters. The van der Waals surface area contributed by atoms with E-state index in [2.05, 4.69) is 39.6 Å². The van der Waals surface area contributed by atoms with Crippen LogP contribution >= 0.6 is 0 Å². The van der Waals surface area contributed by atoms with Crippen LogP contribution in [0.25, 0.3) is 0 Å². The Morgan fingerprint density at radius 1 is 0.529 bits per heavy atom. The average molecular weight is 690 g/mol. The number of phenolic OH excluding ortho intramolecular Hbond substituents is 2. The summed E-state index contributed by atoms with van der Waals surface area (Å²) in [4.78, 5) is 13.1. The Kier molecular flexibility index (Phi) is 16.9. The number of aromatic hydroxyl groups is 2. The minimum atomic E-state index is -0.288. The largest absolute Gasteiger partial charge is 0.505 e. The molecule has 4 rings (SSSR count). The molecule has 51 heavy (non-hydrogen) atoms. The molecule has 0 heterocycles. The summed E-state index contributed by atoms with van der Waals surface area (Å²) in [7, 11) is 0. The summed E-state index contributed by atoms with van der Waals surface area (Å²) >= 11 is 0. The van der Waals surface area contributed by atoms with Crippen LogP contribution in [-0.4, -0.2) is 16.1 Å². The zero-order chi connectivity index (χ0) is 36.1. The second-order valence-corrected chi connectivity index (χ2v) is 13.2. The Morgan fingerprint density at radius 3 is 1.57 bits per heavy atom. The van der Waals surface area contributed by atoms with Gasteiger partial charge in [-0.25, -0.2) is 0 Å². The van der Waals surface area contributed by atoms with Gasteiger partial charge in [0.1, 0.15) is 28.6 Å². The number of amides is 1. The van der Waals surface area contributed by atoms with Crippen molar-refractivity contribution in [3.63, 3.8) is 0 Å². The summed E-state index contributed by atoms with van der Waals surface area (Å²) in [6.45, 7) is 4.45. The van der Waals surface area contributed by atoms with Gasteiger partial charge in [-0.2, -0.15) is 5.11 Å². The molecule has 0 fully saturated rings. The van der Waals surface area contributed by atoms with Gasteiger partial charge in [0.2, 0.25) is 0 Å². The number of aryl methyl sites for hydroxylation is 2. The van der Waals surface area contributed by atoms with E-state index in [-0.39, 0.29) is 17.4 Å². The van der Waals surface area contributed by atoms with E-state index < -0.39 is 0 Å². The fraction of sp³-hybridized carbons (Fsp3) is 0.419. The first-order chi connectivity index (χ1) is 25.0. The molecule has 270 valence electrons. The number of para-hydroxylation sites is 2. The van der Waals surface area contributed by atoms with Gasteiger partial charge in [0.15, 0.2) is 0 Å². The Morgan fingerprint density at radius 2 is 1.02 bits per heavy atom. The van der Waals surface area contributed by atoms with Crippen molar-refractivity contribution < 1.29 is 15.0 Å². The molecule has 4 aromatic carbocycles. The molecular weight excluding hydrogens is 635 g/mol. The van der Waals surface area contributed by atoms with Gasteiger partial charge in [0.05, 0.1) is 11.4 Å². The molecule has 0 aliphatic rings. The molecule has 0 radical (unpaired) electrons. The number of unbranched alkanes of at least 4 members (excludes halogenated alkanes) is 12. The van der Waals surface area contributed by atoms with Crippen molar-refractivity contribution in [2.75, 3.05) is 5.32 Å². The van der Waals surface area contributed by atoms with Crippen LogP contribution in [-0.2, 0) is 12.8 Å². The van der Waals surface area contributed by atoms with E-state index in [0.717, 1.165) is 49.7 Å². The molecule has 8 heteroatoms. The highest BCUT2D eigenvalue weighted by molar-refractivity contribution is 6.05. The van der Waals surface area contributed by atoms with E-state index in [1.807, 2.05) is 30.3 Å². The summed E-state index contributed by atoms with van der Waals surface area (Å²) in [5.74, 6) is -0.0285. The second-order valence-electron chi connectivity index (χ2n) is 13.2. The standard InChI is InChI=1S/C43H55N5O3/c1-3-5-7-9-11-13-16-22-33-26-20-28-38(41(33)49)46-45-36-30-31-37(44-43(51)35-24-18-15-19-25-35)40(32-36)48-47-39-29-21-27-34(42(39)50)23-17-14-12-10-8-6-4-2/h15,18-21,24-32,49-50H,3-14,16-17,22-23H2,1-2H3,(H,44,51). The third-order valence-corrected chi connectivity index (χ3v) is 9.10. The third kappa shape index (κ3) is 13.1. The molecule has 0 aliphatic heterocycles. The highest BCUT2D eigenvalue weighted by Gasteiger charge is 2.12. The normalized spacial score (nSPS) is 11.5. The lowest BCUT2D eigenvalue weighted by molar-refractivity contribution is 0.102. The Labute approximate surface area is 304 Å². The minimum Gasteiger partial charge on any atom is -0.505 e. The van der Waals surface area contributed by atoms with Crippen molar-refractivity contribution in [1.29, 1.82) is 0 Å². The lowest BCUT2D eigenvalue weighted by Crippen LogP contribution is -2.11. The third-order valence-electron chi connectivity index (χ3n) is 9.10. The van der Waals surface area contributed by atoms with Crippen LogP contribution in [0.2, 0.25) is 0 Å². The fourth-order valence-corrected chi connectivity index (χ4v) is 6.04. The van der Waals surface area contributed by atoms with Gasteiger partial charge in [-0.1, -0.05) is 133 Å². The predicted molar refractivity (Wildman–Crippen MR) is 209 cm³/mol. The molecule has 0 spiro atoms. The van der Waals surface area contributed by atoms with Crippen molar-refractivity contribution >= 4 is 34.3 Å². The second kappa shape index (κ2) is 22.1. The molecule has 0 aliphatic carbocycles. The Bertz CT molecular complexity index is 1700. The van der Waals surface area contributed by atoms with Crippen LogP contribution in [0.3, 0.4) is 0 Å². The quantitative estimate of drug-likeness (QED) is 0.0562. The maximum absolute atomic E-state index is 13.1. The molecule has 8 nitrogen and oxygen atoms in total. The number of carbonyl (C=O) groups is 1. The van der Waals surface area contributed by atoms with Gasteiger partial charge in [0.25, 0.3) is 5.91 Å². The number of hydrogen-bond donors (Lipinski definition) is 3. The van der Waals surface area contributed by atoms with E-state index in [9.17, 15) is 15.0 Å². The van der Waals surface area contributed by atoms with Crippen molar-refractivity contribution in [2.24, 2.45) is 20.5 Å². The summed E-state index contributed by atoms with van der Waals surface area (Å²) in [6, 6.07) is 25.1. The molecule has 1 amide bonds.